The summed E-state index contributed by atoms with van der Waals surface area (Å²) in [6.45, 7) is 2.76. The molecule has 0 saturated heterocycles. The highest BCUT2D eigenvalue weighted by Gasteiger charge is 2.12. The smallest absolute Gasteiger partial charge is 0.267 e. The lowest BCUT2D eigenvalue weighted by atomic mass is 10.1. The molecule has 0 unspecified atom stereocenters. The fourth-order valence-electron chi connectivity index (χ4n) is 2.65. The van der Waals surface area contributed by atoms with Crippen LogP contribution in [0.2, 0.25) is 0 Å². The van der Waals surface area contributed by atoms with E-state index in [1.54, 1.807) is 5.38 Å². The van der Waals surface area contributed by atoms with E-state index in [9.17, 15) is 4.79 Å². The van der Waals surface area contributed by atoms with Crippen molar-refractivity contribution in [3.8, 4) is 0 Å². The molecule has 3 aromatic rings. The summed E-state index contributed by atoms with van der Waals surface area (Å²) in [6.07, 6.45) is 3.43. The van der Waals surface area contributed by atoms with Crippen LogP contribution in [0.5, 0.6) is 0 Å². The van der Waals surface area contributed by atoms with Gasteiger partial charge < -0.3 is 10.4 Å². The number of hydrogen-bond donors (Lipinski definition) is 3. The maximum Gasteiger partial charge on any atom is 0.267 e. The molecule has 1 amide bonds. The van der Waals surface area contributed by atoms with Crippen LogP contribution in [-0.4, -0.2) is 16.0 Å². The molecule has 5 nitrogen and oxygen atoms in total. The molecular weight excluding hydrogens is 378 g/mol. The molecule has 2 aromatic heterocycles. The Bertz CT molecular complexity index is 889. The van der Waals surface area contributed by atoms with E-state index in [1.807, 2.05) is 18.2 Å². The Morgan fingerprint density at radius 3 is 2.85 bits per heavy atom. The minimum Gasteiger partial charge on any atom is -0.390 e. The number of anilines is 2. The van der Waals surface area contributed by atoms with Crippen molar-refractivity contribution in [2.24, 2.45) is 0 Å². The summed E-state index contributed by atoms with van der Waals surface area (Å²) in [7, 11) is 0. The average molecular weight is 402 g/mol. The number of carbonyl (C=O) groups excluding carboxylic acids is 1. The quantitative estimate of drug-likeness (QED) is 0.476. The molecule has 0 fully saturated rings. The predicted molar refractivity (Wildman–Crippen MR) is 113 cm³/mol. The molecule has 1 aromatic carbocycles. The number of carbonyl (C=O) groups is 1. The van der Waals surface area contributed by atoms with Gasteiger partial charge in [0.05, 0.1) is 17.2 Å². The van der Waals surface area contributed by atoms with Gasteiger partial charge in [-0.2, -0.15) is 0 Å². The lowest BCUT2D eigenvalue weighted by molar-refractivity contribution is 0.103. The Labute approximate surface area is 167 Å². The molecule has 0 atom stereocenters. The zero-order valence-corrected chi connectivity index (χ0v) is 16.8. The zero-order valence-electron chi connectivity index (χ0n) is 15.2. The van der Waals surface area contributed by atoms with Crippen LogP contribution in [0.3, 0.4) is 0 Å². The largest absolute Gasteiger partial charge is 0.390 e. The van der Waals surface area contributed by atoms with Crippen LogP contribution >= 0.6 is 22.7 Å². The van der Waals surface area contributed by atoms with E-state index in [4.69, 9.17) is 5.11 Å². The first-order valence-corrected chi connectivity index (χ1v) is 10.7. The van der Waals surface area contributed by atoms with Crippen molar-refractivity contribution in [2.75, 3.05) is 10.6 Å². The van der Waals surface area contributed by atoms with E-state index < -0.39 is 0 Å². The van der Waals surface area contributed by atoms with Crippen LogP contribution in [0.25, 0.3) is 0 Å². The van der Waals surface area contributed by atoms with Gasteiger partial charge in [-0.15, -0.1) is 22.7 Å². The first-order chi connectivity index (χ1) is 13.2. The Morgan fingerprint density at radius 1 is 1.22 bits per heavy atom. The molecule has 0 saturated carbocycles. The number of aromatic nitrogens is 1. The predicted octanol–water partition coefficient (Wildman–Crippen LogP) is 4.90. The number of amides is 1. The van der Waals surface area contributed by atoms with Gasteiger partial charge in [-0.05, 0) is 36.6 Å². The lowest BCUT2D eigenvalue weighted by Gasteiger charge is -2.11. The van der Waals surface area contributed by atoms with Crippen LogP contribution in [0.15, 0.2) is 41.8 Å². The van der Waals surface area contributed by atoms with Crippen LogP contribution < -0.4 is 10.6 Å². The highest BCUT2D eigenvalue weighted by Crippen LogP contribution is 2.23. The SMILES string of the molecule is CCCCc1ccccc1NCc1ccc(C(=O)Nc2nc(CO)cs2)s1. The van der Waals surface area contributed by atoms with Gasteiger partial charge >= 0.3 is 0 Å². The monoisotopic (exact) mass is 401 g/mol. The Kier molecular flexibility index (Phi) is 6.98. The minimum absolute atomic E-state index is 0.124. The lowest BCUT2D eigenvalue weighted by Crippen LogP contribution is -2.09. The molecule has 3 N–H and O–H groups in total. The first kappa shape index (κ1) is 19.5. The Morgan fingerprint density at radius 2 is 2.07 bits per heavy atom. The molecule has 3 rings (SSSR count). The molecule has 0 bridgehead atoms. The average Bonchev–Trinajstić information content (AvgIpc) is 3.34. The van der Waals surface area contributed by atoms with Crippen LogP contribution in [0.1, 0.15) is 45.6 Å². The van der Waals surface area contributed by atoms with Gasteiger partial charge in [0.2, 0.25) is 0 Å². The van der Waals surface area contributed by atoms with Crippen molar-refractivity contribution in [3.63, 3.8) is 0 Å². The number of nitrogens with one attached hydrogen (secondary N) is 2. The molecule has 2 heterocycles. The standard InChI is InChI=1S/C20H23N3O2S2/c1-2-3-6-14-7-4-5-8-17(14)21-11-16-9-10-18(27-16)19(25)23-20-22-15(12-24)13-26-20/h4-5,7-10,13,21,24H,2-3,6,11-12H2,1H3,(H,22,23,25). The van der Waals surface area contributed by atoms with Crippen LogP contribution in [0, 0.1) is 0 Å². The Balaban J connectivity index is 1.59. The van der Waals surface area contributed by atoms with Gasteiger partial charge in [-0.3, -0.25) is 10.1 Å². The van der Waals surface area contributed by atoms with Gasteiger partial charge in [-0.1, -0.05) is 31.5 Å². The fraction of sp³-hybridized carbons (Fsp3) is 0.300. The van der Waals surface area contributed by atoms with Crippen LogP contribution in [-0.2, 0) is 19.6 Å². The van der Waals surface area contributed by atoms with E-state index >= 15 is 0 Å². The second-order valence-electron chi connectivity index (χ2n) is 6.14. The zero-order chi connectivity index (χ0) is 19.1. The Hall–Kier alpha value is -2.22. The van der Waals surface area contributed by atoms with E-state index in [0.717, 1.165) is 17.0 Å². The third-order valence-electron chi connectivity index (χ3n) is 4.09. The van der Waals surface area contributed by atoms with E-state index in [2.05, 4.69) is 40.7 Å². The summed E-state index contributed by atoms with van der Waals surface area (Å²) in [5.41, 5.74) is 3.05. The number of nitrogens with zero attached hydrogens (tertiary/aromatic N) is 1. The van der Waals surface area contributed by atoms with Gasteiger partial charge in [-0.25, -0.2) is 4.98 Å². The topological polar surface area (TPSA) is 74.2 Å². The van der Waals surface area contributed by atoms with Gasteiger partial charge in [0, 0.05) is 22.5 Å². The highest BCUT2D eigenvalue weighted by molar-refractivity contribution is 7.15. The van der Waals surface area contributed by atoms with Crippen molar-refractivity contribution in [2.45, 2.75) is 39.3 Å². The molecule has 0 spiro atoms. The number of aliphatic hydroxyl groups excluding tert-OH is 1. The number of thiophene rings is 1. The summed E-state index contributed by atoms with van der Waals surface area (Å²) in [4.78, 5) is 18.2. The molecule has 27 heavy (non-hydrogen) atoms. The first-order valence-electron chi connectivity index (χ1n) is 8.96. The number of rotatable bonds is 9. The van der Waals surface area contributed by atoms with Crippen molar-refractivity contribution in [1.82, 2.24) is 4.98 Å². The maximum absolute atomic E-state index is 12.4. The number of unbranched alkanes of at least 4 members (excludes halogenated alkanes) is 1. The summed E-state index contributed by atoms with van der Waals surface area (Å²) < 4.78 is 0. The molecule has 0 aliphatic carbocycles. The number of aryl methyl sites for hydroxylation is 1. The number of benzene rings is 1. The third-order valence-corrected chi connectivity index (χ3v) is 5.98. The van der Waals surface area contributed by atoms with E-state index in [-0.39, 0.29) is 12.5 Å². The van der Waals surface area contributed by atoms with Gasteiger partial charge in [0.15, 0.2) is 5.13 Å². The van der Waals surface area contributed by atoms with Gasteiger partial charge in [0.1, 0.15) is 0 Å². The molecule has 0 aliphatic heterocycles. The second kappa shape index (κ2) is 9.64. The van der Waals surface area contributed by atoms with Crippen molar-refractivity contribution >= 4 is 39.4 Å². The highest BCUT2D eigenvalue weighted by atomic mass is 32.1. The number of para-hydroxylation sites is 1. The van der Waals surface area contributed by atoms with Gasteiger partial charge in [0.25, 0.3) is 5.91 Å². The summed E-state index contributed by atoms with van der Waals surface area (Å²) in [5, 5.41) is 17.6. The summed E-state index contributed by atoms with van der Waals surface area (Å²) in [6, 6.07) is 12.2. The molecule has 0 radical (unpaired) electrons. The van der Waals surface area contributed by atoms with Crippen molar-refractivity contribution < 1.29 is 9.90 Å². The summed E-state index contributed by atoms with van der Waals surface area (Å²) >= 11 is 2.78. The minimum atomic E-state index is -0.173. The molecule has 142 valence electrons. The third kappa shape index (κ3) is 5.38. The molecule has 0 aliphatic rings. The van der Waals surface area contributed by atoms with E-state index in [1.165, 1.54) is 41.1 Å². The normalized spacial score (nSPS) is 10.7. The fourth-order valence-corrected chi connectivity index (χ4v) is 4.19. The van der Waals surface area contributed by atoms with Crippen molar-refractivity contribution in [1.29, 1.82) is 0 Å². The van der Waals surface area contributed by atoms with Crippen molar-refractivity contribution in [3.05, 3.63) is 62.8 Å². The number of hydrogen-bond acceptors (Lipinski definition) is 6. The second-order valence-corrected chi connectivity index (χ2v) is 8.16. The number of aliphatic hydroxyl groups is 1. The summed E-state index contributed by atoms with van der Waals surface area (Å²) in [5.74, 6) is -0.173. The van der Waals surface area contributed by atoms with E-state index in [0.29, 0.717) is 22.2 Å². The van der Waals surface area contributed by atoms with Crippen LogP contribution in [0.4, 0.5) is 10.8 Å². The molecular formula is C20H23N3O2S2. The number of thiazole rings is 1. The molecule has 7 heteroatoms. The maximum atomic E-state index is 12.4.